The number of nitrogens with one attached hydrogen (secondary N) is 1. The molecule has 5 rings (SSSR count). The first kappa shape index (κ1) is 26.4. The van der Waals surface area contributed by atoms with E-state index >= 15 is 0 Å². The van der Waals surface area contributed by atoms with Crippen LogP contribution in [0.1, 0.15) is 47.4 Å². The molecule has 8 heteroatoms. The van der Waals surface area contributed by atoms with Crippen LogP contribution in [0, 0.1) is 23.5 Å². The van der Waals surface area contributed by atoms with E-state index in [1.54, 1.807) is 30.3 Å². The topological polar surface area (TPSA) is 32.3 Å². The van der Waals surface area contributed by atoms with Crippen LogP contribution in [0.2, 0.25) is 0 Å². The Balaban J connectivity index is 1.23. The van der Waals surface area contributed by atoms with Crippen molar-refractivity contribution in [3.8, 4) is 0 Å². The molecule has 0 radical (unpaired) electrons. The Morgan fingerprint density at radius 1 is 0.895 bits per heavy atom. The number of carbonyl (C=O) groups is 1. The summed E-state index contributed by atoms with van der Waals surface area (Å²) in [6.07, 6.45) is -2.42. The molecular formula is C30H29F5N2O. The Morgan fingerprint density at radius 2 is 1.53 bits per heavy atom. The molecule has 1 amide bonds. The molecule has 3 aromatic rings. The number of likely N-dealkylation sites (tertiary alicyclic amines) is 1. The fourth-order valence-corrected chi connectivity index (χ4v) is 6.04. The number of carbonyl (C=O) groups excluding carboxylic acids is 1. The monoisotopic (exact) mass is 528 g/mol. The maximum atomic E-state index is 13.5. The molecule has 1 heterocycles. The van der Waals surface area contributed by atoms with Gasteiger partial charge in [0.15, 0.2) is 0 Å². The SMILES string of the molecule is O=C(CC(c1ccc(F)cc1)c1ccc(F)cc1)N[C@@H]1CC[C@@H]2CN(Cc3cccc(C(F)(F)F)c3)C[C@H]21. The lowest BCUT2D eigenvalue weighted by Gasteiger charge is -2.24. The predicted octanol–water partition coefficient (Wildman–Crippen LogP) is 6.53. The standard InChI is InChI=1S/C30H29F5N2O/c31-24-9-4-20(5-10-24)26(21-6-11-25(32)12-7-21)15-29(38)36-28-13-8-22-17-37(18-27(22)28)16-19-2-1-3-23(14-19)30(33,34)35/h1-7,9-12,14,22,26-28H,8,13,15-18H2,(H,36,38)/t22-,27-,28-/m1/s1. The molecule has 3 nitrogen and oxygen atoms in total. The molecule has 200 valence electrons. The summed E-state index contributed by atoms with van der Waals surface area (Å²) < 4.78 is 66.3. The van der Waals surface area contributed by atoms with Gasteiger partial charge in [-0.1, -0.05) is 42.5 Å². The molecule has 1 saturated carbocycles. The number of benzene rings is 3. The normalized spacial score (nSPS) is 21.6. The van der Waals surface area contributed by atoms with Crippen LogP contribution in [-0.2, 0) is 17.5 Å². The molecule has 0 spiro atoms. The van der Waals surface area contributed by atoms with Crippen LogP contribution in [0.25, 0.3) is 0 Å². The molecule has 1 aliphatic heterocycles. The van der Waals surface area contributed by atoms with Gasteiger partial charge in [-0.15, -0.1) is 0 Å². The third-order valence-corrected chi connectivity index (χ3v) is 7.87. The van der Waals surface area contributed by atoms with Crippen molar-refractivity contribution in [2.24, 2.45) is 11.8 Å². The van der Waals surface area contributed by atoms with Crippen molar-refractivity contribution in [3.63, 3.8) is 0 Å². The second-order valence-corrected chi connectivity index (χ2v) is 10.4. The van der Waals surface area contributed by atoms with Crippen molar-refractivity contribution in [3.05, 3.63) is 107 Å². The fourth-order valence-electron chi connectivity index (χ4n) is 6.04. The Kier molecular flexibility index (Phi) is 7.52. The number of amides is 1. The summed E-state index contributed by atoms with van der Waals surface area (Å²) >= 11 is 0. The minimum Gasteiger partial charge on any atom is -0.353 e. The van der Waals surface area contributed by atoms with E-state index in [0.717, 1.165) is 36.6 Å². The number of hydrogen-bond acceptors (Lipinski definition) is 2. The van der Waals surface area contributed by atoms with Crippen LogP contribution < -0.4 is 5.32 Å². The Morgan fingerprint density at radius 3 is 2.13 bits per heavy atom. The summed E-state index contributed by atoms with van der Waals surface area (Å²) in [5.74, 6) is -0.608. The van der Waals surface area contributed by atoms with E-state index in [-0.39, 0.29) is 41.8 Å². The summed E-state index contributed by atoms with van der Waals surface area (Å²) in [7, 11) is 0. The van der Waals surface area contributed by atoms with Gasteiger partial charge in [0.05, 0.1) is 5.56 Å². The van der Waals surface area contributed by atoms with Crippen LogP contribution in [0.15, 0.2) is 72.8 Å². The first-order chi connectivity index (χ1) is 18.2. The maximum Gasteiger partial charge on any atom is 0.416 e. The average molecular weight is 529 g/mol. The lowest BCUT2D eigenvalue weighted by molar-refractivity contribution is -0.137. The van der Waals surface area contributed by atoms with Crippen LogP contribution in [0.4, 0.5) is 22.0 Å². The van der Waals surface area contributed by atoms with E-state index in [2.05, 4.69) is 10.2 Å². The zero-order valence-electron chi connectivity index (χ0n) is 20.7. The molecule has 1 saturated heterocycles. The first-order valence-corrected chi connectivity index (χ1v) is 12.8. The van der Waals surface area contributed by atoms with Gasteiger partial charge in [-0.3, -0.25) is 9.69 Å². The van der Waals surface area contributed by atoms with Crippen molar-refractivity contribution >= 4 is 5.91 Å². The van der Waals surface area contributed by atoms with Gasteiger partial charge in [-0.2, -0.15) is 13.2 Å². The van der Waals surface area contributed by atoms with Gasteiger partial charge in [-0.25, -0.2) is 8.78 Å². The van der Waals surface area contributed by atoms with Crippen molar-refractivity contribution in [2.45, 2.75) is 43.9 Å². The van der Waals surface area contributed by atoms with Crippen LogP contribution in [0.3, 0.4) is 0 Å². The van der Waals surface area contributed by atoms with Crippen molar-refractivity contribution in [2.75, 3.05) is 13.1 Å². The highest BCUT2D eigenvalue weighted by Crippen LogP contribution is 2.39. The lowest BCUT2D eigenvalue weighted by atomic mass is 9.88. The van der Waals surface area contributed by atoms with E-state index in [1.165, 1.54) is 36.4 Å². The number of rotatable bonds is 7. The van der Waals surface area contributed by atoms with E-state index in [1.807, 2.05) is 0 Å². The number of halogens is 5. The van der Waals surface area contributed by atoms with Crippen molar-refractivity contribution < 1.29 is 26.7 Å². The molecule has 38 heavy (non-hydrogen) atoms. The molecule has 3 atom stereocenters. The maximum absolute atomic E-state index is 13.5. The lowest BCUT2D eigenvalue weighted by Crippen LogP contribution is -2.40. The highest BCUT2D eigenvalue weighted by atomic mass is 19.4. The molecule has 0 unspecified atom stereocenters. The van der Waals surface area contributed by atoms with Gasteiger partial charge in [0, 0.05) is 38.0 Å². The average Bonchev–Trinajstić information content (AvgIpc) is 3.44. The third-order valence-electron chi connectivity index (χ3n) is 7.87. The van der Waals surface area contributed by atoms with Gasteiger partial charge < -0.3 is 5.32 Å². The number of nitrogens with zero attached hydrogens (tertiary/aromatic N) is 1. The summed E-state index contributed by atoms with van der Waals surface area (Å²) in [4.78, 5) is 15.4. The number of fused-ring (bicyclic) bond motifs is 1. The summed E-state index contributed by atoms with van der Waals surface area (Å²) in [5.41, 5.74) is 1.52. The zero-order valence-corrected chi connectivity index (χ0v) is 20.7. The van der Waals surface area contributed by atoms with Gasteiger partial charge in [0.25, 0.3) is 0 Å². The van der Waals surface area contributed by atoms with Crippen molar-refractivity contribution in [1.82, 2.24) is 10.2 Å². The van der Waals surface area contributed by atoms with Gasteiger partial charge in [0.2, 0.25) is 5.91 Å². The van der Waals surface area contributed by atoms with E-state index in [0.29, 0.717) is 24.6 Å². The van der Waals surface area contributed by atoms with E-state index in [9.17, 15) is 26.7 Å². The molecule has 1 aliphatic carbocycles. The molecule has 0 aromatic heterocycles. The Labute approximate surface area is 218 Å². The fraction of sp³-hybridized carbons (Fsp3) is 0.367. The number of hydrogen-bond donors (Lipinski definition) is 1. The summed E-state index contributed by atoms with van der Waals surface area (Å²) in [6, 6.07) is 17.4. The predicted molar refractivity (Wildman–Crippen MR) is 134 cm³/mol. The second kappa shape index (κ2) is 10.8. The minimum absolute atomic E-state index is 0.0129. The third kappa shape index (κ3) is 6.07. The largest absolute Gasteiger partial charge is 0.416 e. The quantitative estimate of drug-likeness (QED) is 0.354. The molecule has 3 aromatic carbocycles. The molecule has 0 bridgehead atoms. The number of alkyl halides is 3. The van der Waals surface area contributed by atoms with Crippen LogP contribution in [-0.4, -0.2) is 29.9 Å². The molecular weight excluding hydrogens is 499 g/mol. The zero-order chi connectivity index (χ0) is 26.9. The highest BCUT2D eigenvalue weighted by Gasteiger charge is 2.43. The smallest absolute Gasteiger partial charge is 0.353 e. The second-order valence-electron chi connectivity index (χ2n) is 10.4. The molecule has 2 fully saturated rings. The Bertz CT molecular complexity index is 1210. The molecule has 2 aliphatic rings. The van der Waals surface area contributed by atoms with E-state index in [4.69, 9.17) is 0 Å². The van der Waals surface area contributed by atoms with Gasteiger partial charge in [0.1, 0.15) is 11.6 Å². The van der Waals surface area contributed by atoms with Gasteiger partial charge >= 0.3 is 6.18 Å². The van der Waals surface area contributed by atoms with Crippen LogP contribution >= 0.6 is 0 Å². The minimum atomic E-state index is -4.37. The summed E-state index contributed by atoms with van der Waals surface area (Å²) in [6.45, 7) is 1.95. The van der Waals surface area contributed by atoms with E-state index < -0.39 is 11.7 Å². The first-order valence-electron chi connectivity index (χ1n) is 12.8. The molecule has 1 N–H and O–H groups in total. The van der Waals surface area contributed by atoms with Gasteiger partial charge in [-0.05, 0) is 71.7 Å². The van der Waals surface area contributed by atoms with Crippen LogP contribution in [0.5, 0.6) is 0 Å². The highest BCUT2D eigenvalue weighted by molar-refractivity contribution is 5.78. The van der Waals surface area contributed by atoms with Crippen molar-refractivity contribution in [1.29, 1.82) is 0 Å². The Hall–Kier alpha value is -3.26. The summed E-state index contributed by atoms with van der Waals surface area (Å²) in [5, 5.41) is 3.19.